The van der Waals surface area contributed by atoms with Gasteiger partial charge in [-0.3, -0.25) is 15.0 Å². The highest BCUT2D eigenvalue weighted by atomic mass is 16.6. The largest absolute Gasteiger partial charge is 0.453 e. The molecule has 20 heavy (non-hydrogen) atoms. The summed E-state index contributed by atoms with van der Waals surface area (Å²) in [4.78, 5) is 25.9. The Balaban J connectivity index is 2.43. The maximum atomic E-state index is 11.3. The number of ether oxygens (including phenoxy) is 1. The zero-order valence-corrected chi connectivity index (χ0v) is 10.9. The van der Waals surface area contributed by atoms with Crippen molar-refractivity contribution in [3.63, 3.8) is 0 Å². The van der Waals surface area contributed by atoms with E-state index in [0.29, 0.717) is 28.4 Å². The summed E-state index contributed by atoms with van der Waals surface area (Å²) in [7, 11) is 1.15. The Kier molecular flexibility index (Phi) is 3.81. The van der Waals surface area contributed by atoms with Crippen molar-refractivity contribution in [3.05, 3.63) is 35.9 Å². The van der Waals surface area contributed by atoms with Crippen molar-refractivity contribution in [1.82, 2.24) is 4.98 Å². The Morgan fingerprint density at radius 2 is 2.25 bits per heavy atom. The molecule has 0 saturated carbocycles. The average molecular weight is 276 g/mol. The standard InChI is InChI=1S/C13H12N2O5/c1-8-11(12-4-3-10(7-16)20-12)5-9(6-14-8)15(18)13(17)19-2/h3-7,18H,1-2H3. The summed E-state index contributed by atoms with van der Waals surface area (Å²) in [5, 5.41) is 9.97. The van der Waals surface area contributed by atoms with Crippen LogP contribution in [0.4, 0.5) is 10.5 Å². The minimum atomic E-state index is -0.936. The number of aryl methyl sites for hydroxylation is 1. The van der Waals surface area contributed by atoms with Gasteiger partial charge in [0.25, 0.3) is 0 Å². The third-order valence-electron chi connectivity index (χ3n) is 2.67. The predicted molar refractivity (Wildman–Crippen MR) is 68.7 cm³/mol. The fraction of sp³-hybridized carbons (Fsp3) is 0.154. The molecular formula is C13H12N2O5. The second-order valence-corrected chi connectivity index (χ2v) is 3.93. The van der Waals surface area contributed by atoms with Gasteiger partial charge in [-0.05, 0) is 25.1 Å². The van der Waals surface area contributed by atoms with E-state index in [-0.39, 0.29) is 11.4 Å². The number of methoxy groups -OCH3 is 1. The molecule has 0 aliphatic heterocycles. The molecule has 0 saturated heterocycles. The van der Waals surface area contributed by atoms with Crippen molar-refractivity contribution in [2.45, 2.75) is 6.92 Å². The second-order valence-electron chi connectivity index (χ2n) is 3.93. The molecule has 2 aromatic heterocycles. The number of aromatic nitrogens is 1. The van der Waals surface area contributed by atoms with E-state index < -0.39 is 6.09 Å². The molecule has 1 amide bonds. The smallest absolute Gasteiger partial charge is 0.438 e. The number of hydroxylamine groups is 1. The first-order chi connectivity index (χ1) is 9.56. The maximum absolute atomic E-state index is 11.3. The van der Waals surface area contributed by atoms with Gasteiger partial charge < -0.3 is 9.15 Å². The number of carbonyl (C=O) groups is 2. The van der Waals surface area contributed by atoms with Crippen LogP contribution in [0.1, 0.15) is 16.2 Å². The Morgan fingerprint density at radius 1 is 1.50 bits per heavy atom. The highest BCUT2D eigenvalue weighted by Crippen LogP contribution is 2.27. The Bertz CT molecular complexity index is 650. The number of hydrogen-bond donors (Lipinski definition) is 1. The Labute approximate surface area is 114 Å². The first-order valence-electron chi connectivity index (χ1n) is 5.65. The number of hydrogen-bond acceptors (Lipinski definition) is 6. The van der Waals surface area contributed by atoms with Crippen LogP contribution in [-0.4, -0.2) is 29.7 Å². The number of furan rings is 1. The van der Waals surface area contributed by atoms with Crippen molar-refractivity contribution in [2.24, 2.45) is 0 Å². The zero-order chi connectivity index (χ0) is 14.7. The van der Waals surface area contributed by atoms with E-state index in [0.717, 1.165) is 7.11 Å². The normalized spacial score (nSPS) is 10.2. The monoisotopic (exact) mass is 276 g/mol. The predicted octanol–water partition coefficient (Wildman–Crippen LogP) is 2.42. The Hall–Kier alpha value is -2.67. The van der Waals surface area contributed by atoms with E-state index in [2.05, 4.69) is 9.72 Å². The SMILES string of the molecule is COC(=O)N(O)c1cnc(C)c(-c2ccc(C=O)o2)c1. The lowest BCUT2D eigenvalue weighted by Gasteiger charge is -2.14. The van der Waals surface area contributed by atoms with E-state index in [4.69, 9.17) is 4.42 Å². The van der Waals surface area contributed by atoms with Gasteiger partial charge in [-0.25, -0.2) is 4.79 Å². The van der Waals surface area contributed by atoms with E-state index >= 15 is 0 Å². The van der Waals surface area contributed by atoms with Gasteiger partial charge in [-0.1, -0.05) is 0 Å². The fourth-order valence-corrected chi connectivity index (χ4v) is 1.64. The van der Waals surface area contributed by atoms with Crippen LogP contribution >= 0.6 is 0 Å². The molecule has 0 fully saturated rings. The third kappa shape index (κ3) is 2.52. The van der Waals surface area contributed by atoms with Crippen LogP contribution in [0.15, 0.2) is 28.8 Å². The summed E-state index contributed by atoms with van der Waals surface area (Å²) in [6, 6.07) is 4.63. The zero-order valence-electron chi connectivity index (χ0n) is 10.9. The minimum absolute atomic E-state index is 0.126. The lowest BCUT2D eigenvalue weighted by molar-refractivity contribution is 0.110. The number of nitrogens with zero attached hydrogens (tertiary/aromatic N) is 2. The molecule has 0 spiro atoms. The van der Waals surface area contributed by atoms with Gasteiger partial charge in [-0.2, -0.15) is 5.06 Å². The molecule has 2 aromatic rings. The molecule has 0 bridgehead atoms. The van der Waals surface area contributed by atoms with Crippen LogP contribution in [-0.2, 0) is 4.74 Å². The molecule has 0 aliphatic rings. The van der Waals surface area contributed by atoms with Crippen molar-refractivity contribution < 1.29 is 24.0 Å². The van der Waals surface area contributed by atoms with Crippen LogP contribution in [0, 0.1) is 6.92 Å². The number of pyridine rings is 1. The van der Waals surface area contributed by atoms with Crippen molar-refractivity contribution in [3.8, 4) is 11.3 Å². The van der Waals surface area contributed by atoms with Gasteiger partial charge in [0, 0.05) is 11.3 Å². The van der Waals surface area contributed by atoms with Gasteiger partial charge in [0.1, 0.15) is 5.76 Å². The van der Waals surface area contributed by atoms with E-state index in [1.54, 1.807) is 13.0 Å². The molecule has 0 atom stereocenters. The van der Waals surface area contributed by atoms with Gasteiger partial charge in [0.2, 0.25) is 0 Å². The molecule has 0 aromatic carbocycles. The van der Waals surface area contributed by atoms with Gasteiger partial charge in [-0.15, -0.1) is 0 Å². The molecule has 0 radical (unpaired) electrons. The van der Waals surface area contributed by atoms with Crippen LogP contribution in [0.3, 0.4) is 0 Å². The van der Waals surface area contributed by atoms with E-state index in [1.165, 1.54) is 18.3 Å². The van der Waals surface area contributed by atoms with Crippen LogP contribution in [0.5, 0.6) is 0 Å². The Morgan fingerprint density at radius 3 is 2.85 bits per heavy atom. The van der Waals surface area contributed by atoms with Crippen molar-refractivity contribution in [2.75, 3.05) is 12.2 Å². The maximum Gasteiger partial charge on any atom is 0.438 e. The molecule has 7 nitrogen and oxygen atoms in total. The van der Waals surface area contributed by atoms with Crippen LogP contribution < -0.4 is 5.06 Å². The molecule has 1 N–H and O–H groups in total. The third-order valence-corrected chi connectivity index (χ3v) is 2.67. The summed E-state index contributed by atoms with van der Waals surface area (Å²) < 4.78 is 9.70. The number of aldehydes is 1. The number of carbonyl (C=O) groups excluding carboxylic acids is 2. The summed E-state index contributed by atoms with van der Waals surface area (Å²) in [5.74, 6) is 0.593. The minimum Gasteiger partial charge on any atom is -0.453 e. The fourth-order valence-electron chi connectivity index (χ4n) is 1.64. The molecule has 0 aliphatic carbocycles. The molecule has 2 rings (SSSR count). The average Bonchev–Trinajstić information content (AvgIpc) is 2.95. The van der Waals surface area contributed by atoms with Gasteiger partial charge >= 0.3 is 6.09 Å². The summed E-state index contributed by atoms with van der Waals surface area (Å²) in [6.07, 6.45) is 0.969. The summed E-state index contributed by atoms with van der Waals surface area (Å²) in [5.41, 5.74) is 1.30. The topological polar surface area (TPSA) is 92.9 Å². The number of anilines is 1. The number of amides is 1. The van der Waals surface area contributed by atoms with Crippen LogP contribution in [0.2, 0.25) is 0 Å². The van der Waals surface area contributed by atoms with Crippen molar-refractivity contribution in [1.29, 1.82) is 0 Å². The molecule has 2 heterocycles. The lowest BCUT2D eigenvalue weighted by atomic mass is 10.1. The highest BCUT2D eigenvalue weighted by molar-refractivity contribution is 5.85. The molecule has 7 heteroatoms. The highest BCUT2D eigenvalue weighted by Gasteiger charge is 2.17. The molecule has 104 valence electrons. The van der Waals surface area contributed by atoms with Crippen LogP contribution in [0.25, 0.3) is 11.3 Å². The first-order valence-corrected chi connectivity index (χ1v) is 5.65. The van der Waals surface area contributed by atoms with Crippen molar-refractivity contribution >= 4 is 18.1 Å². The molecule has 0 unspecified atom stereocenters. The van der Waals surface area contributed by atoms with Gasteiger partial charge in [0.05, 0.1) is 19.0 Å². The first kappa shape index (κ1) is 13.8. The van der Waals surface area contributed by atoms with E-state index in [1.807, 2.05) is 0 Å². The lowest BCUT2D eigenvalue weighted by Crippen LogP contribution is -2.26. The number of rotatable bonds is 3. The molecular weight excluding hydrogens is 264 g/mol. The van der Waals surface area contributed by atoms with Gasteiger partial charge in [0.15, 0.2) is 12.0 Å². The quantitative estimate of drug-likeness (QED) is 0.525. The summed E-state index contributed by atoms with van der Waals surface area (Å²) >= 11 is 0. The summed E-state index contributed by atoms with van der Waals surface area (Å²) in [6.45, 7) is 1.74. The van der Waals surface area contributed by atoms with E-state index in [9.17, 15) is 14.8 Å². The second kappa shape index (κ2) is 5.54.